The lowest BCUT2D eigenvalue weighted by atomic mass is 9.95. The van der Waals surface area contributed by atoms with Crippen molar-refractivity contribution in [3.8, 4) is 0 Å². The van der Waals surface area contributed by atoms with Gasteiger partial charge in [0.15, 0.2) is 0 Å². The molecule has 1 aliphatic heterocycles. The Morgan fingerprint density at radius 3 is 2.47 bits per heavy atom. The minimum Gasteiger partial charge on any atom is -0.444 e. The van der Waals surface area contributed by atoms with E-state index in [2.05, 4.69) is 12.1 Å². The number of nitrogens with zero attached hydrogens (tertiary/aromatic N) is 1. The van der Waals surface area contributed by atoms with E-state index >= 15 is 0 Å². The van der Waals surface area contributed by atoms with Crippen LogP contribution in [0.25, 0.3) is 0 Å². The SMILES string of the molecule is CC(C)(C)OC(=O)N1CC(N)[C@H](c2ccccc2)C1. The summed E-state index contributed by atoms with van der Waals surface area (Å²) in [5.74, 6) is 0.189. The van der Waals surface area contributed by atoms with E-state index in [1.807, 2.05) is 39.0 Å². The number of amides is 1. The first-order valence-corrected chi connectivity index (χ1v) is 6.65. The fourth-order valence-corrected chi connectivity index (χ4v) is 2.36. The summed E-state index contributed by atoms with van der Waals surface area (Å²) in [4.78, 5) is 13.7. The van der Waals surface area contributed by atoms with Gasteiger partial charge in [0.25, 0.3) is 0 Å². The van der Waals surface area contributed by atoms with Crippen LogP contribution in [0, 0.1) is 0 Å². The molecule has 1 fully saturated rings. The molecule has 4 nitrogen and oxygen atoms in total. The smallest absolute Gasteiger partial charge is 0.410 e. The number of hydrogen-bond donors (Lipinski definition) is 1. The highest BCUT2D eigenvalue weighted by molar-refractivity contribution is 5.69. The first kappa shape index (κ1) is 13.9. The molecule has 1 aliphatic rings. The summed E-state index contributed by atoms with van der Waals surface area (Å²) in [7, 11) is 0. The number of likely N-dealkylation sites (tertiary alicyclic amines) is 1. The maximum atomic E-state index is 12.0. The van der Waals surface area contributed by atoms with Gasteiger partial charge in [-0.2, -0.15) is 0 Å². The van der Waals surface area contributed by atoms with Crippen LogP contribution in [0.15, 0.2) is 30.3 Å². The van der Waals surface area contributed by atoms with Gasteiger partial charge < -0.3 is 15.4 Å². The first-order valence-electron chi connectivity index (χ1n) is 6.65. The minimum absolute atomic E-state index is 0.0325. The van der Waals surface area contributed by atoms with E-state index in [1.54, 1.807) is 4.90 Å². The zero-order valence-corrected chi connectivity index (χ0v) is 11.8. The zero-order chi connectivity index (χ0) is 14.0. The summed E-state index contributed by atoms with van der Waals surface area (Å²) in [5.41, 5.74) is 6.87. The summed E-state index contributed by atoms with van der Waals surface area (Å²) in [6.45, 7) is 6.79. The van der Waals surface area contributed by atoms with Crippen molar-refractivity contribution in [2.75, 3.05) is 13.1 Å². The van der Waals surface area contributed by atoms with E-state index in [9.17, 15) is 4.79 Å². The van der Waals surface area contributed by atoms with Gasteiger partial charge >= 0.3 is 6.09 Å². The second-order valence-electron chi connectivity index (χ2n) is 6.07. The van der Waals surface area contributed by atoms with Crippen molar-refractivity contribution in [1.82, 2.24) is 4.90 Å². The molecule has 19 heavy (non-hydrogen) atoms. The van der Waals surface area contributed by atoms with Crippen LogP contribution in [-0.2, 0) is 4.74 Å². The highest BCUT2D eigenvalue weighted by Crippen LogP contribution is 2.27. The molecule has 0 aliphatic carbocycles. The van der Waals surface area contributed by atoms with E-state index in [4.69, 9.17) is 10.5 Å². The monoisotopic (exact) mass is 262 g/mol. The van der Waals surface area contributed by atoms with Crippen LogP contribution >= 0.6 is 0 Å². The van der Waals surface area contributed by atoms with Crippen molar-refractivity contribution in [2.45, 2.75) is 38.3 Å². The maximum Gasteiger partial charge on any atom is 0.410 e. The molecule has 2 atom stereocenters. The third kappa shape index (κ3) is 3.47. The summed E-state index contributed by atoms with van der Waals surface area (Å²) in [6.07, 6.45) is -0.276. The second-order valence-corrected chi connectivity index (χ2v) is 6.07. The lowest BCUT2D eigenvalue weighted by Crippen LogP contribution is -2.36. The fourth-order valence-electron chi connectivity index (χ4n) is 2.36. The number of benzene rings is 1. The Labute approximate surface area is 114 Å². The predicted molar refractivity (Wildman–Crippen MR) is 75.0 cm³/mol. The number of carbonyl (C=O) groups excluding carboxylic acids is 1. The molecule has 2 rings (SSSR count). The Morgan fingerprint density at radius 2 is 1.89 bits per heavy atom. The Balaban J connectivity index is 2.04. The van der Waals surface area contributed by atoms with Crippen molar-refractivity contribution in [2.24, 2.45) is 5.73 Å². The summed E-state index contributed by atoms with van der Waals surface area (Å²) < 4.78 is 5.39. The van der Waals surface area contributed by atoms with Crippen LogP contribution in [0.5, 0.6) is 0 Å². The second kappa shape index (κ2) is 5.21. The molecule has 0 saturated carbocycles. The highest BCUT2D eigenvalue weighted by Gasteiger charge is 2.35. The average Bonchev–Trinajstić information content (AvgIpc) is 2.70. The number of carbonyl (C=O) groups is 1. The summed E-state index contributed by atoms with van der Waals surface area (Å²) >= 11 is 0. The summed E-state index contributed by atoms with van der Waals surface area (Å²) in [5, 5.41) is 0. The molecule has 0 radical (unpaired) electrons. The lowest BCUT2D eigenvalue weighted by Gasteiger charge is -2.24. The maximum absolute atomic E-state index is 12.0. The molecular weight excluding hydrogens is 240 g/mol. The van der Waals surface area contributed by atoms with Crippen molar-refractivity contribution in [1.29, 1.82) is 0 Å². The number of rotatable bonds is 1. The Kier molecular flexibility index (Phi) is 3.80. The largest absolute Gasteiger partial charge is 0.444 e. The van der Waals surface area contributed by atoms with Crippen LogP contribution in [0.4, 0.5) is 4.79 Å². The van der Waals surface area contributed by atoms with Crippen molar-refractivity contribution in [3.63, 3.8) is 0 Å². The van der Waals surface area contributed by atoms with Crippen LogP contribution in [0.1, 0.15) is 32.3 Å². The Morgan fingerprint density at radius 1 is 1.26 bits per heavy atom. The third-order valence-electron chi connectivity index (χ3n) is 3.24. The van der Waals surface area contributed by atoms with Gasteiger partial charge in [-0.1, -0.05) is 30.3 Å². The third-order valence-corrected chi connectivity index (χ3v) is 3.24. The van der Waals surface area contributed by atoms with Gasteiger partial charge in [0, 0.05) is 25.0 Å². The number of nitrogens with two attached hydrogens (primary N) is 1. The van der Waals surface area contributed by atoms with Crippen LogP contribution < -0.4 is 5.73 Å². The van der Waals surface area contributed by atoms with Crippen molar-refractivity contribution >= 4 is 6.09 Å². The molecule has 4 heteroatoms. The zero-order valence-electron chi connectivity index (χ0n) is 11.8. The lowest BCUT2D eigenvalue weighted by molar-refractivity contribution is 0.0290. The van der Waals surface area contributed by atoms with E-state index in [0.29, 0.717) is 13.1 Å². The molecule has 0 spiro atoms. The highest BCUT2D eigenvalue weighted by atomic mass is 16.6. The van der Waals surface area contributed by atoms with E-state index < -0.39 is 5.60 Å². The topological polar surface area (TPSA) is 55.6 Å². The molecule has 0 bridgehead atoms. The number of hydrogen-bond acceptors (Lipinski definition) is 3. The molecule has 1 amide bonds. The quantitative estimate of drug-likeness (QED) is 0.845. The number of ether oxygens (including phenoxy) is 1. The summed E-state index contributed by atoms with van der Waals surface area (Å²) in [6, 6.07) is 10.1. The van der Waals surface area contributed by atoms with Gasteiger partial charge in [-0.25, -0.2) is 4.79 Å². The van der Waals surface area contributed by atoms with E-state index in [-0.39, 0.29) is 18.1 Å². The van der Waals surface area contributed by atoms with Crippen molar-refractivity contribution in [3.05, 3.63) is 35.9 Å². The van der Waals surface area contributed by atoms with Gasteiger partial charge in [-0.3, -0.25) is 0 Å². The van der Waals surface area contributed by atoms with Crippen LogP contribution in [-0.4, -0.2) is 35.7 Å². The molecule has 2 N–H and O–H groups in total. The van der Waals surface area contributed by atoms with Gasteiger partial charge in [-0.05, 0) is 26.3 Å². The standard InChI is InChI=1S/C15H22N2O2/c1-15(2,3)19-14(18)17-9-12(13(16)10-17)11-7-5-4-6-8-11/h4-8,12-13H,9-10,16H2,1-3H3/t12-,13?/m0/s1. The average molecular weight is 262 g/mol. The minimum atomic E-state index is -0.466. The van der Waals surface area contributed by atoms with Gasteiger partial charge in [0.1, 0.15) is 5.60 Å². The fraction of sp³-hybridized carbons (Fsp3) is 0.533. The molecule has 1 aromatic carbocycles. The van der Waals surface area contributed by atoms with Crippen LogP contribution in [0.2, 0.25) is 0 Å². The molecule has 1 heterocycles. The molecule has 0 aromatic heterocycles. The van der Waals surface area contributed by atoms with E-state index in [0.717, 1.165) is 0 Å². The van der Waals surface area contributed by atoms with Crippen molar-refractivity contribution < 1.29 is 9.53 Å². The molecule has 1 saturated heterocycles. The Hall–Kier alpha value is -1.55. The molecule has 1 aromatic rings. The van der Waals surface area contributed by atoms with Gasteiger partial charge in [-0.15, -0.1) is 0 Å². The van der Waals surface area contributed by atoms with Gasteiger partial charge in [0.05, 0.1) is 0 Å². The van der Waals surface area contributed by atoms with E-state index in [1.165, 1.54) is 5.56 Å². The molecule has 1 unspecified atom stereocenters. The normalized spacial score (nSPS) is 23.5. The first-order chi connectivity index (χ1) is 8.87. The molecule has 104 valence electrons. The Bertz CT molecular complexity index is 439. The van der Waals surface area contributed by atoms with Crippen LogP contribution in [0.3, 0.4) is 0 Å². The molecular formula is C15H22N2O2. The predicted octanol–water partition coefficient (Wildman–Crippen LogP) is 2.35. The van der Waals surface area contributed by atoms with Gasteiger partial charge in [0.2, 0.25) is 0 Å².